The molecular formula is C21H29N5O3. The summed E-state index contributed by atoms with van der Waals surface area (Å²) in [4.78, 5) is 23.4. The Bertz CT molecular complexity index is 804. The van der Waals surface area contributed by atoms with Crippen molar-refractivity contribution >= 4 is 17.4 Å². The van der Waals surface area contributed by atoms with E-state index in [-0.39, 0.29) is 12.0 Å². The van der Waals surface area contributed by atoms with Crippen molar-refractivity contribution in [2.75, 3.05) is 44.7 Å². The zero-order valence-corrected chi connectivity index (χ0v) is 17.3. The number of aromatic nitrogens is 2. The minimum Gasteiger partial charge on any atom is -0.491 e. The highest BCUT2D eigenvalue weighted by atomic mass is 16.5. The Morgan fingerprint density at radius 2 is 1.93 bits per heavy atom. The molecule has 8 heteroatoms. The molecule has 1 aliphatic rings. The second-order valence-corrected chi connectivity index (χ2v) is 7.21. The highest BCUT2D eigenvalue weighted by Crippen LogP contribution is 2.20. The fraction of sp³-hybridized carbons (Fsp3) is 0.476. The second kappa shape index (κ2) is 10.2. The summed E-state index contributed by atoms with van der Waals surface area (Å²) in [7, 11) is 0. The Labute approximate surface area is 171 Å². The number of morpholine rings is 1. The predicted octanol–water partition coefficient (Wildman–Crippen LogP) is 2.38. The Morgan fingerprint density at radius 1 is 1.21 bits per heavy atom. The van der Waals surface area contributed by atoms with E-state index in [0.29, 0.717) is 23.9 Å². The van der Waals surface area contributed by atoms with Crippen LogP contribution in [0.25, 0.3) is 0 Å². The van der Waals surface area contributed by atoms with Gasteiger partial charge in [0.25, 0.3) is 5.91 Å². The Morgan fingerprint density at radius 3 is 2.62 bits per heavy atom. The Balaban J connectivity index is 1.57. The third-order valence-electron chi connectivity index (χ3n) is 4.39. The van der Waals surface area contributed by atoms with Crippen LogP contribution in [0.2, 0.25) is 0 Å². The van der Waals surface area contributed by atoms with Gasteiger partial charge in [-0.3, -0.25) is 9.69 Å². The zero-order valence-electron chi connectivity index (χ0n) is 17.3. The van der Waals surface area contributed by atoms with Gasteiger partial charge in [0.05, 0.1) is 19.3 Å². The van der Waals surface area contributed by atoms with Crippen LogP contribution in [0.3, 0.4) is 0 Å². The van der Waals surface area contributed by atoms with Gasteiger partial charge in [-0.2, -0.15) is 0 Å². The van der Waals surface area contributed by atoms with Gasteiger partial charge in [0, 0.05) is 37.9 Å². The van der Waals surface area contributed by atoms with Crippen LogP contribution >= 0.6 is 0 Å². The van der Waals surface area contributed by atoms with Crippen molar-refractivity contribution in [2.45, 2.75) is 26.9 Å². The molecule has 1 fully saturated rings. The second-order valence-electron chi connectivity index (χ2n) is 7.21. The molecule has 0 saturated carbocycles. The van der Waals surface area contributed by atoms with E-state index < -0.39 is 0 Å². The molecule has 0 aliphatic carbocycles. The van der Waals surface area contributed by atoms with Gasteiger partial charge >= 0.3 is 0 Å². The summed E-state index contributed by atoms with van der Waals surface area (Å²) in [6, 6.07) is 9.29. The van der Waals surface area contributed by atoms with Crippen LogP contribution in [0.1, 0.15) is 30.2 Å². The summed E-state index contributed by atoms with van der Waals surface area (Å²) in [6.45, 7) is 10.4. The molecule has 0 bridgehead atoms. The SMILES string of the molecule is Cc1nc(Nc2ccc(OC(C)C)cc2)cc(C(=O)NCCN2CCOCC2)n1. The number of ether oxygens (including phenoxy) is 2. The van der Waals surface area contributed by atoms with E-state index in [2.05, 4.69) is 25.5 Å². The molecule has 0 radical (unpaired) electrons. The van der Waals surface area contributed by atoms with Gasteiger partial charge in [0.2, 0.25) is 0 Å². The summed E-state index contributed by atoms with van der Waals surface area (Å²) in [5.74, 6) is 1.72. The first-order valence-electron chi connectivity index (χ1n) is 9.97. The predicted molar refractivity (Wildman–Crippen MR) is 112 cm³/mol. The summed E-state index contributed by atoms with van der Waals surface area (Å²) in [5, 5.41) is 6.15. The van der Waals surface area contributed by atoms with Gasteiger partial charge < -0.3 is 20.1 Å². The van der Waals surface area contributed by atoms with Crippen molar-refractivity contribution in [3.8, 4) is 5.75 Å². The van der Waals surface area contributed by atoms with Crippen molar-refractivity contribution in [3.63, 3.8) is 0 Å². The minimum absolute atomic E-state index is 0.127. The molecule has 156 valence electrons. The number of carbonyl (C=O) groups is 1. The highest BCUT2D eigenvalue weighted by Gasteiger charge is 2.13. The molecule has 1 aromatic carbocycles. The van der Waals surface area contributed by atoms with Crippen LogP contribution in [-0.2, 0) is 4.74 Å². The first kappa shape index (κ1) is 21.0. The summed E-state index contributed by atoms with van der Waals surface area (Å²) < 4.78 is 11.0. The summed E-state index contributed by atoms with van der Waals surface area (Å²) in [5.41, 5.74) is 1.21. The van der Waals surface area contributed by atoms with Crippen LogP contribution in [-0.4, -0.2) is 66.3 Å². The molecule has 2 aromatic rings. The van der Waals surface area contributed by atoms with Crippen molar-refractivity contribution < 1.29 is 14.3 Å². The molecule has 1 saturated heterocycles. The monoisotopic (exact) mass is 399 g/mol. The number of hydrogen-bond donors (Lipinski definition) is 2. The molecule has 1 aliphatic heterocycles. The van der Waals surface area contributed by atoms with Crippen LogP contribution in [0, 0.1) is 6.92 Å². The van der Waals surface area contributed by atoms with Crippen LogP contribution in [0.15, 0.2) is 30.3 Å². The third-order valence-corrected chi connectivity index (χ3v) is 4.39. The van der Waals surface area contributed by atoms with Gasteiger partial charge in [0.15, 0.2) is 0 Å². The maximum absolute atomic E-state index is 12.5. The standard InChI is InChI=1S/C21H29N5O3/c1-15(2)29-18-6-4-17(5-7-18)25-20-14-19(23-16(3)24-20)21(27)22-8-9-26-10-12-28-13-11-26/h4-7,14-15H,8-13H2,1-3H3,(H,22,27)(H,23,24,25). The molecule has 2 N–H and O–H groups in total. The molecule has 0 atom stereocenters. The van der Waals surface area contributed by atoms with E-state index in [0.717, 1.165) is 44.3 Å². The van der Waals surface area contributed by atoms with E-state index in [4.69, 9.17) is 9.47 Å². The Kier molecular flexibility index (Phi) is 7.37. The molecule has 29 heavy (non-hydrogen) atoms. The Hall–Kier alpha value is -2.71. The highest BCUT2D eigenvalue weighted by molar-refractivity contribution is 5.93. The average Bonchev–Trinajstić information content (AvgIpc) is 2.69. The number of benzene rings is 1. The van der Waals surface area contributed by atoms with Gasteiger partial charge in [-0.15, -0.1) is 0 Å². The van der Waals surface area contributed by atoms with Crippen molar-refractivity contribution in [1.82, 2.24) is 20.2 Å². The molecular weight excluding hydrogens is 370 g/mol. The summed E-state index contributed by atoms with van der Waals surface area (Å²) >= 11 is 0. The molecule has 2 heterocycles. The minimum atomic E-state index is -0.201. The number of nitrogens with one attached hydrogen (secondary N) is 2. The third kappa shape index (κ3) is 6.69. The van der Waals surface area contributed by atoms with Crippen molar-refractivity contribution in [1.29, 1.82) is 0 Å². The van der Waals surface area contributed by atoms with Crippen molar-refractivity contribution in [3.05, 3.63) is 41.9 Å². The number of nitrogens with zero attached hydrogens (tertiary/aromatic N) is 3. The number of hydrogen-bond acceptors (Lipinski definition) is 7. The number of carbonyl (C=O) groups excluding carboxylic acids is 1. The lowest BCUT2D eigenvalue weighted by atomic mass is 10.3. The average molecular weight is 399 g/mol. The lowest BCUT2D eigenvalue weighted by Crippen LogP contribution is -2.41. The normalized spacial score (nSPS) is 14.6. The summed E-state index contributed by atoms with van der Waals surface area (Å²) in [6.07, 6.45) is 0.127. The van der Waals surface area contributed by atoms with Gasteiger partial charge in [-0.1, -0.05) is 0 Å². The smallest absolute Gasteiger partial charge is 0.270 e. The van der Waals surface area contributed by atoms with Gasteiger partial charge in [0.1, 0.15) is 23.1 Å². The number of anilines is 2. The lowest BCUT2D eigenvalue weighted by molar-refractivity contribution is 0.0383. The van der Waals surface area contributed by atoms with Gasteiger partial charge in [-0.05, 0) is 45.0 Å². The van der Waals surface area contributed by atoms with Crippen molar-refractivity contribution in [2.24, 2.45) is 0 Å². The van der Waals surface area contributed by atoms with E-state index in [1.807, 2.05) is 38.1 Å². The van der Waals surface area contributed by atoms with E-state index in [1.165, 1.54) is 0 Å². The maximum Gasteiger partial charge on any atom is 0.270 e. The molecule has 1 amide bonds. The molecule has 0 spiro atoms. The topological polar surface area (TPSA) is 88.6 Å². The fourth-order valence-electron chi connectivity index (χ4n) is 3.03. The van der Waals surface area contributed by atoms with Crippen LogP contribution in [0.4, 0.5) is 11.5 Å². The first-order chi connectivity index (χ1) is 14.0. The number of rotatable bonds is 8. The van der Waals surface area contributed by atoms with Crippen LogP contribution < -0.4 is 15.4 Å². The van der Waals surface area contributed by atoms with E-state index in [9.17, 15) is 4.79 Å². The molecule has 1 aromatic heterocycles. The fourth-order valence-corrected chi connectivity index (χ4v) is 3.03. The van der Waals surface area contributed by atoms with E-state index >= 15 is 0 Å². The largest absolute Gasteiger partial charge is 0.491 e. The molecule has 8 nitrogen and oxygen atoms in total. The van der Waals surface area contributed by atoms with E-state index in [1.54, 1.807) is 13.0 Å². The maximum atomic E-state index is 12.5. The zero-order chi connectivity index (χ0) is 20.6. The first-order valence-corrected chi connectivity index (χ1v) is 9.97. The molecule has 3 rings (SSSR count). The number of aryl methyl sites for hydroxylation is 1. The quantitative estimate of drug-likeness (QED) is 0.704. The number of amides is 1. The molecule has 0 unspecified atom stereocenters. The lowest BCUT2D eigenvalue weighted by Gasteiger charge is -2.26. The van der Waals surface area contributed by atoms with Gasteiger partial charge in [-0.25, -0.2) is 9.97 Å². The van der Waals surface area contributed by atoms with Crippen LogP contribution in [0.5, 0.6) is 5.75 Å².